The Labute approximate surface area is 158 Å². The van der Waals surface area contributed by atoms with Crippen LogP contribution in [0.25, 0.3) is 11.0 Å². The molecule has 0 spiro atoms. The number of rotatable bonds is 5. The van der Waals surface area contributed by atoms with Gasteiger partial charge in [-0.3, -0.25) is 9.69 Å². The van der Waals surface area contributed by atoms with Crippen molar-refractivity contribution in [2.45, 2.75) is 6.92 Å². The van der Waals surface area contributed by atoms with Gasteiger partial charge in [0.2, 0.25) is 0 Å². The number of nitrogens with one attached hydrogen (secondary N) is 1. The van der Waals surface area contributed by atoms with Gasteiger partial charge in [-0.25, -0.2) is 4.98 Å². The van der Waals surface area contributed by atoms with E-state index < -0.39 is 0 Å². The Hall–Kier alpha value is -2.86. The topological polar surface area (TPSA) is 61.5 Å². The fourth-order valence-corrected chi connectivity index (χ4v) is 3.44. The fourth-order valence-electron chi connectivity index (χ4n) is 3.44. The summed E-state index contributed by atoms with van der Waals surface area (Å²) in [6.45, 7) is 6.67. The van der Waals surface area contributed by atoms with Gasteiger partial charge in [0.05, 0.1) is 11.0 Å². The lowest BCUT2D eigenvalue weighted by Gasteiger charge is -2.34. The lowest BCUT2D eigenvalue weighted by atomic mass is 10.1. The number of aromatic amines is 1. The number of carbonyl (C=O) groups excluding carboxylic acids is 1. The summed E-state index contributed by atoms with van der Waals surface area (Å²) in [7, 11) is 0. The molecule has 1 amide bonds. The van der Waals surface area contributed by atoms with Crippen LogP contribution in [0.4, 0.5) is 0 Å². The number of amides is 1. The van der Waals surface area contributed by atoms with Crippen LogP contribution in [-0.2, 0) is 0 Å². The van der Waals surface area contributed by atoms with E-state index >= 15 is 0 Å². The molecule has 2 heterocycles. The molecule has 0 aliphatic carbocycles. The van der Waals surface area contributed by atoms with Crippen molar-refractivity contribution in [3.05, 3.63) is 59.9 Å². The third-order valence-corrected chi connectivity index (χ3v) is 4.93. The van der Waals surface area contributed by atoms with Gasteiger partial charge in [-0.05, 0) is 37.3 Å². The molecule has 27 heavy (non-hydrogen) atoms. The molecule has 0 saturated carbocycles. The first-order chi connectivity index (χ1) is 13.2. The number of hydrogen-bond donors (Lipinski definition) is 1. The van der Waals surface area contributed by atoms with Crippen LogP contribution < -0.4 is 4.74 Å². The van der Waals surface area contributed by atoms with Crippen LogP contribution in [0.3, 0.4) is 0 Å². The molecule has 0 unspecified atom stereocenters. The van der Waals surface area contributed by atoms with Crippen LogP contribution in [-0.4, -0.2) is 65.0 Å². The van der Waals surface area contributed by atoms with Crippen LogP contribution in [0.15, 0.2) is 48.5 Å². The molecular formula is C21H24N4O2. The van der Waals surface area contributed by atoms with Crippen molar-refractivity contribution in [3.8, 4) is 5.75 Å². The van der Waals surface area contributed by atoms with E-state index in [4.69, 9.17) is 4.74 Å². The van der Waals surface area contributed by atoms with E-state index in [0.29, 0.717) is 12.2 Å². The Kier molecular flexibility index (Phi) is 5.07. The molecule has 6 heteroatoms. The molecule has 1 saturated heterocycles. The van der Waals surface area contributed by atoms with Crippen LogP contribution in [0.2, 0.25) is 0 Å². The van der Waals surface area contributed by atoms with Gasteiger partial charge in [0, 0.05) is 38.3 Å². The molecule has 0 bridgehead atoms. The van der Waals surface area contributed by atoms with Gasteiger partial charge >= 0.3 is 0 Å². The van der Waals surface area contributed by atoms with E-state index in [9.17, 15) is 4.79 Å². The first-order valence-electron chi connectivity index (χ1n) is 9.35. The summed E-state index contributed by atoms with van der Waals surface area (Å²) >= 11 is 0. The van der Waals surface area contributed by atoms with E-state index in [2.05, 4.69) is 14.9 Å². The third-order valence-electron chi connectivity index (χ3n) is 4.93. The summed E-state index contributed by atoms with van der Waals surface area (Å²) in [6, 6.07) is 15.5. The lowest BCUT2D eigenvalue weighted by molar-refractivity contribution is 0.0620. The van der Waals surface area contributed by atoms with Crippen molar-refractivity contribution in [1.82, 2.24) is 19.8 Å². The van der Waals surface area contributed by atoms with E-state index in [1.54, 1.807) is 0 Å². The number of aromatic nitrogens is 2. The molecule has 140 valence electrons. The Morgan fingerprint density at radius 1 is 1.11 bits per heavy atom. The Morgan fingerprint density at radius 2 is 1.89 bits per heavy atom. The predicted molar refractivity (Wildman–Crippen MR) is 105 cm³/mol. The summed E-state index contributed by atoms with van der Waals surface area (Å²) in [4.78, 5) is 24.7. The number of para-hydroxylation sites is 1. The van der Waals surface area contributed by atoms with Crippen LogP contribution in [0, 0.1) is 6.92 Å². The molecule has 1 aliphatic heterocycles. The number of H-pyrrole nitrogens is 1. The molecule has 4 rings (SSSR count). The van der Waals surface area contributed by atoms with Crippen molar-refractivity contribution in [2.24, 2.45) is 0 Å². The van der Waals surface area contributed by atoms with Gasteiger partial charge in [0.15, 0.2) is 0 Å². The van der Waals surface area contributed by atoms with Crippen molar-refractivity contribution in [2.75, 3.05) is 39.3 Å². The Bertz CT molecular complexity index is 914. The molecule has 1 fully saturated rings. The third kappa shape index (κ3) is 4.11. The fraction of sp³-hybridized carbons (Fsp3) is 0.333. The van der Waals surface area contributed by atoms with E-state index in [0.717, 1.165) is 55.3 Å². The highest BCUT2D eigenvalue weighted by Crippen LogP contribution is 2.16. The van der Waals surface area contributed by atoms with E-state index in [1.165, 1.54) is 0 Å². The van der Waals surface area contributed by atoms with Gasteiger partial charge in [-0.15, -0.1) is 0 Å². The maximum absolute atomic E-state index is 12.8. The summed E-state index contributed by atoms with van der Waals surface area (Å²) in [6.07, 6.45) is 0. The second-order valence-electron chi connectivity index (χ2n) is 6.85. The number of piperazine rings is 1. The van der Waals surface area contributed by atoms with E-state index in [-0.39, 0.29) is 5.91 Å². The zero-order chi connectivity index (χ0) is 18.6. The van der Waals surface area contributed by atoms with Gasteiger partial charge in [-0.2, -0.15) is 0 Å². The van der Waals surface area contributed by atoms with Crippen LogP contribution in [0.1, 0.15) is 16.2 Å². The quantitative estimate of drug-likeness (QED) is 0.756. The molecule has 0 radical (unpaired) electrons. The molecular weight excluding hydrogens is 340 g/mol. The normalized spacial score (nSPS) is 15.2. The molecule has 1 aromatic heterocycles. The summed E-state index contributed by atoms with van der Waals surface area (Å²) in [5.41, 5.74) is 2.52. The molecule has 3 aromatic rings. The highest BCUT2D eigenvalue weighted by Gasteiger charge is 2.22. The second-order valence-corrected chi connectivity index (χ2v) is 6.85. The highest BCUT2D eigenvalue weighted by atomic mass is 16.5. The lowest BCUT2D eigenvalue weighted by Crippen LogP contribution is -2.49. The number of carbonyl (C=O) groups is 1. The zero-order valence-corrected chi connectivity index (χ0v) is 15.5. The largest absolute Gasteiger partial charge is 0.492 e. The van der Waals surface area contributed by atoms with Crippen LogP contribution >= 0.6 is 0 Å². The molecule has 2 aromatic carbocycles. The highest BCUT2D eigenvalue weighted by molar-refractivity contribution is 5.97. The first-order valence-corrected chi connectivity index (χ1v) is 9.35. The van der Waals surface area contributed by atoms with Gasteiger partial charge < -0.3 is 14.6 Å². The number of hydrogen-bond acceptors (Lipinski definition) is 4. The van der Waals surface area contributed by atoms with Crippen molar-refractivity contribution in [3.63, 3.8) is 0 Å². The number of aryl methyl sites for hydroxylation is 1. The van der Waals surface area contributed by atoms with Crippen molar-refractivity contribution in [1.29, 1.82) is 0 Å². The Morgan fingerprint density at radius 3 is 2.67 bits per heavy atom. The summed E-state index contributed by atoms with van der Waals surface area (Å²) < 4.78 is 5.76. The Balaban J connectivity index is 1.28. The van der Waals surface area contributed by atoms with Gasteiger partial charge in [0.1, 0.15) is 18.2 Å². The number of imidazole rings is 1. The SMILES string of the molecule is Cc1nc2ccc(C(=O)N3CCN(CCOc4ccccc4)CC3)cc2[nH]1. The maximum Gasteiger partial charge on any atom is 0.254 e. The average Bonchev–Trinajstić information content (AvgIpc) is 3.08. The standard InChI is InChI=1S/C21H24N4O2/c1-16-22-19-8-7-17(15-20(19)23-16)21(26)25-11-9-24(10-12-25)13-14-27-18-5-3-2-4-6-18/h2-8,15H,9-14H2,1H3,(H,22,23). The second kappa shape index (κ2) is 7.80. The molecule has 1 N–H and O–H groups in total. The number of nitrogens with zero attached hydrogens (tertiary/aromatic N) is 3. The van der Waals surface area contributed by atoms with Gasteiger partial charge in [-0.1, -0.05) is 18.2 Å². The van der Waals surface area contributed by atoms with Crippen molar-refractivity contribution < 1.29 is 9.53 Å². The summed E-state index contributed by atoms with van der Waals surface area (Å²) in [5, 5.41) is 0. The number of benzene rings is 2. The van der Waals surface area contributed by atoms with E-state index in [1.807, 2.05) is 60.4 Å². The van der Waals surface area contributed by atoms with Gasteiger partial charge in [0.25, 0.3) is 5.91 Å². The summed E-state index contributed by atoms with van der Waals surface area (Å²) in [5.74, 6) is 1.85. The smallest absolute Gasteiger partial charge is 0.254 e. The first kappa shape index (κ1) is 17.5. The predicted octanol–water partition coefficient (Wildman–Crippen LogP) is 2.71. The zero-order valence-electron chi connectivity index (χ0n) is 15.5. The number of fused-ring (bicyclic) bond motifs is 1. The monoisotopic (exact) mass is 364 g/mol. The molecule has 0 atom stereocenters. The van der Waals surface area contributed by atoms with Crippen LogP contribution in [0.5, 0.6) is 5.75 Å². The average molecular weight is 364 g/mol. The minimum Gasteiger partial charge on any atom is -0.492 e. The molecule has 6 nitrogen and oxygen atoms in total. The minimum absolute atomic E-state index is 0.0874. The maximum atomic E-state index is 12.8. The minimum atomic E-state index is 0.0874. The molecule has 1 aliphatic rings. The van der Waals surface area contributed by atoms with Crippen molar-refractivity contribution >= 4 is 16.9 Å². The number of ether oxygens (including phenoxy) is 1.